The van der Waals surface area contributed by atoms with Gasteiger partial charge in [-0.15, -0.1) is 5.10 Å². The lowest BCUT2D eigenvalue weighted by Crippen LogP contribution is -2.19. The maximum Gasteiger partial charge on any atom is 0.358 e. The molecule has 0 atom stereocenters. The molecule has 24 heavy (non-hydrogen) atoms. The van der Waals surface area contributed by atoms with Gasteiger partial charge in [0.25, 0.3) is 0 Å². The molecular formula is C16H17N5O3. The zero-order valence-electron chi connectivity index (χ0n) is 13.1. The van der Waals surface area contributed by atoms with Gasteiger partial charge in [0.15, 0.2) is 5.69 Å². The van der Waals surface area contributed by atoms with Gasteiger partial charge in [-0.3, -0.25) is 4.79 Å². The lowest BCUT2D eigenvalue weighted by atomic mass is 10.2. The fourth-order valence-corrected chi connectivity index (χ4v) is 2.54. The van der Waals surface area contributed by atoms with E-state index in [9.17, 15) is 9.59 Å². The number of anilines is 1. The van der Waals surface area contributed by atoms with Crippen LogP contribution in [-0.2, 0) is 17.9 Å². The lowest BCUT2D eigenvalue weighted by Gasteiger charge is -2.07. The smallest absolute Gasteiger partial charge is 0.358 e. The molecule has 0 saturated heterocycles. The van der Waals surface area contributed by atoms with E-state index in [-0.39, 0.29) is 18.1 Å². The maximum absolute atomic E-state index is 12.1. The number of aromatic nitrogens is 4. The highest BCUT2D eigenvalue weighted by molar-refractivity contribution is 5.94. The molecule has 2 aromatic heterocycles. The number of hydrogen-bond acceptors (Lipinski definition) is 4. The number of carboxylic acid groups (broad SMARTS) is 1. The zero-order chi connectivity index (χ0) is 17.1. The number of amides is 1. The average Bonchev–Trinajstić information content (AvgIpc) is 3.15. The van der Waals surface area contributed by atoms with E-state index in [1.54, 1.807) is 0 Å². The minimum atomic E-state index is -1.18. The van der Waals surface area contributed by atoms with Crippen LogP contribution in [0.5, 0.6) is 0 Å². The molecule has 2 N–H and O–H groups in total. The van der Waals surface area contributed by atoms with Gasteiger partial charge in [0.1, 0.15) is 6.54 Å². The van der Waals surface area contributed by atoms with Crippen LogP contribution in [0.1, 0.15) is 23.8 Å². The number of nitrogens with one attached hydrogen (secondary N) is 1. The first-order valence-electron chi connectivity index (χ1n) is 7.59. The van der Waals surface area contributed by atoms with Gasteiger partial charge in [-0.25, -0.2) is 9.48 Å². The van der Waals surface area contributed by atoms with Gasteiger partial charge in [-0.2, -0.15) is 0 Å². The standard InChI is InChI=1S/C16H17N5O3/c1-2-6-20-7-5-11-8-12(3-4-14(11)20)17-15(22)10-21-9-13(16(23)24)18-19-21/h3-5,7-9H,2,6,10H2,1H3,(H,17,22)(H,23,24). The second-order valence-electron chi connectivity index (χ2n) is 5.44. The molecule has 124 valence electrons. The summed E-state index contributed by atoms with van der Waals surface area (Å²) in [6.07, 6.45) is 4.30. The second-order valence-corrected chi connectivity index (χ2v) is 5.44. The highest BCUT2D eigenvalue weighted by Gasteiger charge is 2.11. The lowest BCUT2D eigenvalue weighted by molar-refractivity contribution is -0.116. The highest BCUT2D eigenvalue weighted by atomic mass is 16.4. The van der Waals surface area contributed by atoms with Crippen molar-refractivity contribution in [2.75, 3.05) is 5.32 Å². The first-order chi connectivity index (χ1) is 11.6. The van der Waals surface area contributed by atoms with Gasteiger partial charge in [-0.05, 0) is 30.7 Å². The van der Waals surface area contributed by atoms with Crippen molar-refractivity contribution in [1.82, 2.24) is 19.6 Å². The summed E-state index contributed by atoms with van der Waals surface area (Å²) in [7, 11) is 0. The van der Waals surface area contributed by atoms with Crippen LogP contribution in [0.3, 0.4) is 0 Å². The van der Waals surface area contributed by atoms with Crippen LogP contribution in [0, 0.1) is 0 Å². The molecule has 3 aromatic rings. The molecule has 1 aromatic carbocycles. The Balaban J connectivity index is 1.69. The van der Waals surface area contributed by atoms with Crippen LogP contribution >= 0.6 is 0 Å². The zero-order valence-corrected chi connectivity index (χ0v) is 13.1. The van der Waals surface area contributed by atoms with Crippen molar-refractivity contribution in [3.63, 3.8) is 0 Å². The Morgan fingerprint density at radius 1 is 1.29 bits per heavy atom. The summed E-state index contributed by atoms with van der Waals surface area (Å²) in [5.41, 5.74) is 1.61. The van der Waals surface area contributed by atoms with Gasteiger partial charge >= 0.3 is 5.97 Å². The van der Waals surface area contributed by atoms with E-state index in [0.717, 1.165) is 23.9 Å². The molecule has 0 radical (unpaired) electrons. The van der Waals surface area contributed by atoms with Crippen LogP contribution in [-0.4, -0.2) is 36.5 Å². The third-order valence-corrected chi connectivity index (χ3v) is 3.58. The average molecular weight is 327 g/mol. The molecule has 2 heterocycles. The van der Waals surface area contributed by atoms with Crippen molar-refractivity contribution in [2.24, 2.45) is 0 Å². The molecule has 0 unspecified atom stereocenters. The highest BCUT2D eigenvalue weighted by Crippen LogP contribution is 2.21. The minimum absolute atomic E-state index is 0.102. The number of carboxylic acids is 1. The third-order valence-electron chi connectivity index (χ3n) is 3.58. The molecule has 0 aliphatic carbocycles. The van der Waals surface area contributed by atoms with Gasteiger partial charge in [0.05, 0.1) is 6.20 Å². The van der Waals surface area contributed by atoms with E-state index < -0.39 is 5.97 Å². The molecule has 0 saturated carbocycles. The molecule has 0 aliphatic rings. The van der Waals surface area contributed by atoms with E-state index in [1.165, 1.54) is 10.9 Å². The Morgan fingerprint density at radius 2 is 2.12 bits per heavy atom. The summed E-state index contributed by atoms with van der Waals surface area (Å²) in [6, 6.07) is 7.73. The summed E-state index contributed by atoms with van der Waals surface area (Å²) in [6.45, 7) is 2.98. The fraction of sp³-hybridized carbons (Fsp3) is 0.250. The number of hydrogen-bond donors (Lipinski definition) is 2. The summed E-state index contributed by atoms with van der Waals surface area (Å²) < 4.78 is 3.36. The normalized spacial score (nSPS) is 10.9. The Morgan fingerprint density at radius 3 is 2.83 bits per heavy atom. The topological polar surface area (TPSA) is 102 Å². The third kappa shape index (κ3) is 3.27. The molecule has 0 spiro atoms. The van der Waals surface area contributed by atoms with Crippen molar-refractivity contribution in [1.29, 1.82) is 0 Å². The summed E-state index contributed by atoms with van der Waals surface area (Å²) in [5, 5.41) is 19.7. The Labute approximate surface area is 137 Å². The predicted molar refractivity (Wildman–Crippen MR) is 87.8 cm³/mol. The van der Waals surface area contributed by atoms with Crippen molar-refractivity contribution in [3.8, 4) is 0 Å². The number of fused-ring (bicyclic) bond motifs is 1. The molecule has 0 bridgehead atoms. The van der Waals surface area contributed by atoms with E-state index in [1.807, 2.05) is 30.5 Å². The number of benzene rings is 1. The molecule has 3 rings (SSSR count). The van der Waals surface area contributed by atoms with E-state index in [4.69, 9.17) is 5.11 Å². The molecule has 0 fully saturated rings. The van der Waals surface area contributed by atoms with Gasteiger partial charge in [0.2, 0.25) is 5.91 Å². The van der Waals surface area contributed by atoms with Gasteiger partial charge in [-0.1, -0.05) is 12.1 Å². The number of carbonyl (C=O) groups is 2. The number of nitrogens with zero attached hydrogens (tertiary/aromatic N) is 4. The number of carbonyl (C=O) groups excluding carboxylic acids is 1. The molecular weight excluding hydrogens is 310 g/mol. The van der Waals surface area contributed by atoms with E-state index >= 15 is 0 Å². The first kappa shape index (κ1) is 15.7. The van der Waals surface area contributed by atoms with E-state index in [0.29, 0.717) is 5.69 Å². The van der Waals surface area contributed by atoms with Gasteiger partial charge in [0, 0.05) is 29.3 Å². The molecule has 1 amide bonds. The van der Waals surface area contributed by atoms with Crippen LogP contribution in [0.4, 0.5) is 5.69 Å². The van der Waals surface area contributed by atoms with Crippen LogP contribution in [0.15, 0.2) is 36.7 Å². The van der Waals surface area contributed by atoms with Crippen molar-refractivity contribution in [3.05, 3.63) is 42.4 Å². The Kier molecular flexibility index (Phi) is 4.28. The van der Waals surface area contributed by atoms with Crippen LogP contribution in [0.2, 0.25) is 0 Å². The Bertz CT molecular complexity index is 896. The van der Waals surface area contributed by atoms with Gasteiger partial charge < -0.3 is 15.0 Å². The molecule has 0 aliphatic heterocycles. The number of rotatable bonds is 6. The number of aryl methyl sites for hydroxylation is 1. The quantitative estimate of drug-likeness (QED) is 0.721. The Hall–Kier alpha value is -3.16. The van der Waals surface area contributed by atoms with Crippen molar-refractivity contribution >= 4 is 28.5 Å². The monoisotopic (exact) mass is 327 g/mol. The summed E-state index contributed by atoms with van der Waals surface area (Å²) in [4.78, 5) is 22.8. The van der Waals surface area contributed by atoms with E-state index in [2.05, 4.69) is 27.1 Å². The SMILES string of the molecule is CCCn1ccc2cc(NC(=O)Cn3cc(C(=O)O)nn3)ccc21. The maximum atomic E-state index is 12.1. The summed E-state index contributed by atoms with van der Waals surface area (Å²) in [5.74, 6) is -1.48. The first-order valence-corrected chi connectivity index (χ1v) is 7.59. The largest absolute Gasteiger partial charge is 0.476 e. The second kappa shape index (κ2) is 6.53. The fourth-order valence-electron chi connectivity index (χ4n) is 2.54. The van der Waals surface area contributed by atoms with Crippen LogP contribution in [0.25, 0.3) is 10.9 Å². The molecule has 8 heteroatoms. The number of aromatic carboxylic acids is 1. The predicted octanol–water partition coefficient (Wildman–Crippen LogP) is 1.98. The molecule has 8 nitrogen and oxygen atoms in total. The van der Waals surface area contributed by atoms with Crippen molar-refractivity contribution < 1.29 is 14.7 Å². The minimum Gasteiger partial charge on any atom is -0.476 e. The summed E-state index contributed by atoms with van der Waals surface area (Å²) >= 11 is 0. The van der Waals surface area contributed by atoms with Crippen molar-refractivity contribution in [2.45, 2.75) is 26.4 Å². The van der Waals surface area contributed by atoms with Crippen LogP contribution < -0.4 is 5.32 Å².